The van der Waals surface area contributed by atoms with Gasteiger partial charge in [-0.2, -0.15) is 0 Å². The third-order valence-corrected chi connectivity index (χ3v) is 4.25. The third-order valence-electron chi connectivity index (χ3n) is 3.51. The Bertz CT molecular complexity index is 733. The first-order valence-corrected chi connectivity index (χ1v) is 8.15. The number of nitro groups is 1. The number of benzene rings is 2. The maximum atomic E-state index is 11.8. The van der Waals surface area contributed by atoms with Crippen LogP contribution in [0.5, 0.6) is 0 Å². The highest BCUT2D eigenvalue weighted by atomic mass is 35.5. The normalized spacial score (nSPS) is 10.4. The standard InChI is InChI=1S/C17H16Cl2N2O3/c18-15-7-3-13(11-16(15)19)4-8-17(22)20-10-9-12-1-5-14(6-2-12)21(23)24/h1-3,5-7,11H,4,8-10H2,(H,20,22). The van der Waals surface area contributed by atoms with E-state index in [0.29, 0.717) is 35.9 Å². The second-order valence-electron chi connectivity index (χ2n) is 5.27. The Hall–Kier alpha value is -2.11. The minimum Gasteiger partial charge on any atom is -0.356 e. The fraction of sp³-hybridized carbons (Fsp3) is 0.235. The maximum absolute atomic E-state index is 11.8. The number of carbonyl (C=O) groups excluding carboxylic acids is 1. The van der Waals surface area contributed by atoms with Gasteiger partial charge in [0.1, 0.15) is 0 Å². The number of hydrogen-bond donors (Lipinski definition) is 1. The fourth-order valence-electron chi connectivity index (χ4n) is 2.17. The van der Waals surface area contributed by atoms with Gasteiger partial charge in [0.2, 0.25) is 5.91 Å². The largest absolute Gasteiger partial charge is 0.356 e. The van der Waals surface area contributed by atoms with Crippen LogP contribution in [0.15, 0.2) is 42.5 Å². The van der Waals surface area contributed by atoms with E-state index in [9.17, 15) is 14.9 Å². The van der Waals surface area contributed by atoms with Crippen molar-refractivity contribution in [1.29, 1.82) is 0 Å². The Balaban J connectivity index is 1.73. The van der Waals surface area contributed by atoms with Gasteiger partial charge in [-0.15, -0.1) is 0 Å². The van der Waals surface area contributed by atoms with Crippen LogP contribution in [0.2, 0.25) is 10.0 Å². The van der Waals surface area contributed by atoms with Gasteiger partial charge in [-0.25, -0.2) is 0 Å². The van der Waals surface area contributed by atoms with E-state index in [-0.39, 0.29) is 11.6 Å². The molecule has 0 saturated heterocycles. The van der Waals surface area contributed by atoms with Gasteiger partial charge in [-0.05, 0) is 36.1 Å². The molecule has 24 heavy (non-hydrogen) atoms. The lowest BCUT2D eigenvalue weighted by atomic mass is 10.1. The number of hydrogen-bond acceptors (Lipinski definition) is 3. The molecule has 1 amide bonds. The number of nitrogens with one attached hydrogen (secondary N) is 1. The van der Waals surface area contributed by atoms with Crippen LogP contribution in [0.3, 0.4) is 0 Å². The quantitative estimate of drug-likeness (QED) is 0.589. The van der Waals surface area contributed by atoms with Crippen molar-refractivity contribution in [2.45, 2.75) is 19.3 Å². The van der Waals surface area contributed by atoms with Crippen molar-refractivity contribution < 1.29 is 9.72 Å². The molecule has 0 unspecified atom stereocenters. The molecule has 0 aliphatic rings. The Labute approximate surface area is 149 Å². The first kappa shape index (κ1) is 18.2. The summed E-state index contributed by atoms with van der Waals surface area (Å²) in [5, 5.41) is 14.4. The van der Waals surface area contributed by atoms with Crippen molar-refractivity contribution in [3.63, 3.8) is 0 Å². The highest BCUT2D eigenvalue weighted by Crippen LogP contribution is 2.23. The second kappa shape index (κ2) is 8.66. The van der Waals surface area contributed by atoms with E-state index in [0.717, 1.165) is 11.1 Å². The molecule has 0 fully saturated rings. The van der Waals surface area contributed by atoms with Crippen LogP contribution >= 0.6 is 23.2 Å². The number of halogens is 2. The van der Waals surface area contributed by atoms with Crippen molar-refractivity contribution in [2.24, 2.45) is 0 Å². The average Bonchev–Trinajstić information content (AvgIpc) is 2.56. The molecule has 2 aromatic rings. The predicted octanol–water partition coefficient (Wildman–Crippen LogP) is 4.19. The molecular formula is C17H16Cl2N2O3. The Kier molecular flexibility index (Phi) is 6.58. The molecule has 0 aliphatic carbocycles. The van der Waals surface area contributed by atoms with Crippen LogP contribution < -0.4 is 5.32 Å². The molecule has 126 valence electrons. The molecule has 0 aromatic heterocycles. The molecular weight excluding hydrogens is 351 g/mol. The van der Waals surface area contributed by atoms with Crippen molar-refractivity contribution in [3.8, 4) is 0 Å². The van der Waals surface area contributed by atoms with Gasteiger partial charge < -0.3 is 5.32 Å². The Morgan fingerprint density at radius 3 is 2.29 bits per heavy atom. The third kappa shape index (κ3) is 5.51. The fourth-order valence-corrected chi connectivity index (χ4v) is 2.49. The highest BCUT2D eigenvalue weighted by molar-refractivity contribution is 6.42. The van der Waals surface area contributed by atoms with Gasteiger partial charge in [0.05, 0.1) is 15.0 Å². The van der Waals surface area contributed by atoms with E-state index in [4.69, 9.17) is 23.2 Å². The van der Waals surface area contributed by atoms with Crippen LogP contribution in [-0.4, -0.2) is 17.4 Å². The summed E-state index contributed by atoms with van der Waals surface area (Å²) < 4.78 is 0. The number of amides is 1. The summed E-state index contributed by atoms with van der Waals surface area (Å²) in [4.78, 5) is 22.0. The summed E-state index contributed by atoms with van der Waals surface area (Å²) in [6.07, 6.45) is 1.56. The summed E-state index contributed by atoms with van der Waals surface area (Å²) in [5.74, 6) is -0.0528. The van der Waals surface area contributed by atoms with Crippen LogP contribution in [0.1, 0.15) is 17.5 Å². The summed E-state index contributed by atoms with van der Waals surface area (Å²) >= 11 is 11.8. The predicted molar refractivity (Wildman–Crippen MR) is 94.6 cm³/mol. The first-order chi connectivity index (χ1) is 11.5. The Morgan fingerprint density at radius 2 is 1.67 bits per heavy atom. The van der Waals surface area contributed by atoms with Gasteiger partial charge in [0.15, 0.2) is 0 Å². The number of carbonyl (C=O) groups is 1. The summed E-state index contributed by atoms with van der Waals surface area (Å²) in [6.45, 7) is 0.484. The molecule has 2 aromatic carbocycles. The number of nitro benzene ring substituents is 1. The number of aryl methyl sites for hydroxylation is 1. The van der Waals surface area contributed by atoms with Crippen LogP contribution in [0.25, 0.3) is 0 Å². The first-order valence-electron chi connectivity index (χ1n) is 7.39. The molecule has 0 heterocycles. The summed E-state index contributed by atoms with van der Waals surface area (Å²) in [7, 11) is 0. The molecule has 7 heteroatoms. The number of nitrogens with zero attached hydrogens (tertiary/aromatic N) is 1. The van der Waals surface area contributed by atoms with Crippen LogP contribution in [0.4, 0.5) is 5.69 Å². The molecule has 1 N–H and O–H groups in total. The smallest absolute Gasteiger partial charge is 0.269 e. The average molecular weight is 367 g/mol. The van der Waals surface area contributed by atoms with E-state index in [1.807, 2.05) is 6.07 Å². The van der Waals surface area contributed by atoms with Gasteiger partial charge in [-0.3, -0.25) is 14.9 Å². The van der Waals surface area contributed by atoms with Crippen molar-refractivity contribution in [1.82, 2.24) is 5.32 Å². The molecule has 0 radical (unpaired) electrons. The van der Waals surface area contributed by atoms with E-state index in [2.05, 4.69) is 5.32 Å². The van der Waals surface area contributed by atoms with Crippen molar-refractivity contribution >= 4 is 34.8 Å². The minimum absolute atomic E-state index is 0.0528. The summed E-state index contributed by atoms with van der Waals surface area (Å²) in [6, 6.07) is 11.6. The molecule has 0 saturated carbocycles. The van der Waals surface area contributed by atoms with E-state index in [1.165, 1.54) is 12.1 Å². The van der Waals surface area contributed by atoms with E-state index in [1.54, 1.807) is 24.3 Å². The zero-order valence-electron chi connectivity index (χ0n) is 12.8. The SMILES string of the molecule is O=C(CCc1ccc(Cl)c(Cl)c1)NCCc1ccc([N+](=O)[O-])cc1. The molecule has 0 aliphatic heterocycles. The van der Waals surface area contributed by atoms with Crippen molar-refractivity contribution in [2.75, 3.05) is 6.54 Å². The number of rotatable bonds is 7. The molecule has 0 spiro atoms. The monoisotopic (exact) mass is 366 g/mol. The lowest BCUT2D eigenvalue weighted by Gasteiger charge is -2.06. The van der Waals surface area contributed by atoms with Gasteiger partial charge in [0.25, 0.3) is 5.69 Å². The van der Waals surface area contributed by atoms with Crippen LogP contribution in [0, 0.1) is 10.1 Å². The van der Waals surface area contributed by atoms with Crippen molar-refractivity contribution in [3.05, 3.63) is 73.8 Å². The second-order valence-corrected chi connectivity index (χ2v) is 6.09. The van der Waals surface area contributed by atoms with Gasteiger partial charge in [0, 0.05) is 25.1 Å². The molecule has 0 atom stereocenters. The molecule has 5 nitrogen and oxygen atoms in total. The highest BCUT2D eigenvalue weighted by Gasteiger charge is 2.06. The van der Waals surface area contributed by atoms with E-state index >= 15 is 0 Å². The molecule has 2 rings (SSSR count). The Morgan fingerprint density at radius 1 is 1.00 bits per heavy atom. The summed E-state index contributed by atoms with van der Waals surface area (Å²) in [5.41, 5.74) is 1.95. The minimum atomic E-state index is -0.436. The number of non-ortho nitro benzene ring substituents is 1. The zero-order valence-corrected chi connectivity index (χ0v) is 14.3. The lowest BCUT2D eigenvalue weighted by molar-refractivity contribution is -0.384. The lowest BCUT2D eigenvalue weighted by Crippen LogP contribution is -2.25. The van der Waals surface area contributed by atoms with E-state index < -0.39 is 4.92 Å². The van der Waals surface area contributed by atoms with Gasteiger partial charge >= 0.3 is 0 Å². The topological polar surface area (TPSA) is 72.2 Å². The van der Waals surface area contributed by atoms with Crippen LogP contribution in [-0.2, 0) is 17.6 Å². The van der Waals surface area contributed by atoms with Gasteiger partial charge in [-0.1, -0.05) is 41.4 Å². The maximum Gasteiger partial charge on any atom is 0.269 e. The molecule has 0 bridgehead atoms. The zero-order chi connectivity index (χ0) is 17.5.